The summed E-state index contributed by atoms with van der Waals surface area (Å²) in [5, 5.41) is 1.75. The molecule has 0 saturated carbocycles. The number of morpholine rings is 1. The third-order valence-corrected chi connectivity index (χ3v) is 6.03. The largest absolute Gasteiger partial charge is 0.378 e. The highest BCUT2D eigenvalue weighted by Crippen LogP contribution is 2.28. The number of nitrogens with zero attached hydrogens (tertiary/aromatic N) is 4. The molecule has 0 bridgehead atoms. The predicted molar refractivity (Wildman–Crippen MR) is 122 cm³/mol. The van der Waals surface area contributed by atoms with Crippen molar-refractivity contribution in [3.05, 3.63) is 71.0 Å². The Hall–Kier alpha value is -2.47. The van der Waals surface area contributed by atoms with Gasteiger partial charge in [-0.25, -0.2) is 9.97 Å². The van der Waals surface area contributed by atoms with Crippen LogP contribution in [-0.2, 0) is 11.3 Å². The monoisotopic (exact) mass is 420 g/mol. The van der Waals surface area contributed by atoms with Crippen molar-refractivity contribution in [3.8, 4) is 0 Å². The minimum absolute atomic E-state index is 0.702. The van der Waals surface area contributed by atoms with E-state index in [1.165, 1.54) is 11.1 Å². The molecule has 5 rings (SSSR count). The molecular formula is C24H25ClN4O. The molecule has 1 saturated heterocycles. The molecule has 6 heteroatoms. The molecular weight excluding hydrogens is 396 g/mol. The van der Waals surface area contributed by atoms with Crippen molar-refractivity contribution in [1.82, 2.24) is 14.9 Å². The molecule has 30 heavy (non-hydrogen) atoms. The normalized spacial score (nSPS) is 17.9. The fourth-order valence-electron chi connectivity index (χ4n) is 4.19. The zero-order chi connectivity index (χ0) is 20.3. The molecule has 0 radical (unpaired) electrons. The zero-order valence-electron chi connectivity index (χ0n) is 16.9. The predicted octanol–water partition coefficient (Wildman–Crippen LogP) is 4.41. The molecule has 2 aliphatic rings. The summed E-state index contributed by atoms with van der Waals surface area (Å²) in [6.07, 6.45) is 3.37. The van der Waals surface area contributed by atoms with E-state index in [0.717, 1.165) is 74.9 Å². The van der Waals surface area contributed by atoms with Gasteiger partial charge in [0.15, 0.2) is 0 Å². The van der Waals surface area contributed by atoms with Crippen LogP contribution in [0, 0.1) is 0 Å². The van der Waals surface area contributed by atoms with Gasteiger partial charge in [-0.3, -0.25) is 4.90 Å². The lowest BCUT2D eigenvalue weighted by Crippen LogP contribution is -2.37. The lowest BCUT2D eigenvalue weighted by molar-refractivity contribution is 0.122. The van der Waals surface area contributed by atoms with Crippen LogP contribution in [0.3, 0.4) is 0 Å². The number of halogens is 1. The second-order valence-corrected chi connectivity index (χ2v) is 8.24. The summed E-state index contributed by atoms with van der Waals surface area (Å²) in [6, 6.07) is 16.5. The van der Waals surface area contributed by atoms with Gasteiger partial charge >= 0.3 is 0 Å². The smallest absolute Gasteiger partial charge is 0.145 e. The van der Waals surface area contributed by atoms with Crippen LogP contribution in [0.4, 0.5) is 5.82 Å². The number of benzene rings is 2. The van der Waals surface area contributed by atoms with E-state index in [4.69, 9.17) is 26.3 Å². The molecule has 2 aliphatic heterocycles. The van der Waals surface area contributed by atoms with Gasteiger partial charge in [0, 0.05) is 36.6 Å². The van der Waals surface area contributed by atoms with Crippen LogP contribution in [0.1, 0.15) is 17.8 Å². The second-order valence-electron chi connectivity index (χ2n) is 7.80. The molecule has 0 atom stereocenters. The first-order valence-electron chi connectivity index (χ1n) is 10.5. The van der Waals surface area contributed by atoms with E-state index in [-0.39, 0.29) is 0 Å². The fourth-order valence-corrected chi connectivity index (χ4v) is 4.36. The summed E-state index contributed by atoms with van der Waals surface area (Å²) in [4.78, 5) is 14.5. The third kappa shape index (κ3) is 4.19. The summed E-state index contributed by atoms with van der Waals surface area (Å²) in [5.41, 5.74) is 3.65. The molecule has 0 N–H and O–H groups in total. The summed E-state index contributed by atoms with van der Waals surface area (Å²) >= 11 is 6.26. The molecule has 3 aromatic rings. The van der Waals surface area contributed by atoms with Gasteiger partial charge in [-0.2, -0.15) is 0 Å². The van der Waals surface area contributed by atoms with E-state index in [9.17, 15) is 0 Å². The van der Waals surface area contributed by atoms with Crippen LogP contribution in [0.2, 0.25) is 5.02 Å². The molecule has 3 heterocycles. The molecule has 1 fully saturated rings. The maximum atomic E-state index is 6.26. The van der Waals surface area contributed by atoms with Gasteiger partial charge in [-0.15, -0.1) is 0 Å². The number of anilines is 1. The van der Waals surface area contributed by atoms with Gasteiger partial charge in [0.25, 0.3) is 0 Å². The van der Waals surface area contributed by atoms with Crippen molar-refractivity contribution >= 4 is 33.9 Å². The molecule has 2 aromatic carbocycles. The average molecular weight is 421 g/mol. The highest BCUT2D eigenvalue weighted by atomic mass is 35.5. The molecule has 0 spiro atoms. The van der Waals surface area contributed by atoms with Crippen molar-refractivity contribution < 1.29 is 4.74 Å². The van der Waals surface area contributed by atoms with E-state index < -0.39 is 0 Å². The lowest BCUT2D eigenvalue weighted by atomic mass is 10.00. The summed E-state index contributed by atoms with van der Waals surface area (Å²) in [5.74, 6) is 1.84. The van der Waals surface area contributed by atoms with E-state index in [1.807, 2.05) is 18.2 Å². The van der Waals surface area contributed by atoms with Crippen LogP contribution in [-0.4, -0.2) is 54.3 Å². The molecule has 154 valence electrons. The quantitative estimate of drug-likeness (QED) is 0.625. The number of hydrogen-bond acceptors (Lipinski definition) is 5. The van der Waals surface area contributed by atoms with E-state index in [1.54, 1.807) is 0 Å². The van der Waals surface area contributed by atoms with Crippen molar-refractivity contribution in [2.75, 3.05) is 44.3 Å². The Balaban J connectivity index is 1.40. The van der Waals surface area contributed by atoms with Crippen molar-refractivity contribution in [3.63, 3.8) is 0 Å². The molecule has 0 aliphatic carbocycles. The van der Waals surface area contributed by atoms with Gasteiger partial charge in [0.05, 0.1) is 25.3 Å². The van der Waals surface area contributed by atoms with Gasteiger partial charge in [0.1, 0.15) is 11.6 Å². The molecule has 5 nitrogen and oxygen atoms in total. The Morgan fingerprint density at radius 3 is 2.57 bits per heavy atom. The number of rotatable bonds is 4. The lowest BCUT2D eigenvalue weighted by Gasteiger charge is -2.30. The third-order valence-electron chi connectivity index (χ3n) is 5.80. The molecule has 0 amide bonds. The van der Waals surface area contributed by atoms with Crippen LogP contribution in [0.15, 0.2) is 54.6 Å². The number of fused-ring (bicyclic) bond motifs is 1. The summed E-state index contributed by atoms with van der Waals surface area (Å²) < 4.78 is 5.53. The van der Waals surface area contributed by atoms with Crippen molar-refractivity contribution in [2.45, 2.75) is 13.0 Å². The standard InChI is InChI=1S/C24H25ClN4O/c25-20-6-7-21-22(16-20)26-23(27-24(21)29-12-14-30-15-13-29)17-28-10-8-19(9-11-28)18-4-2-1-3-5-18/h1-8,16H,9-15,17H2. The number of aromatic nitrogens is 2. The fraction of sp³-hybridized carbons (Fsp3) is 0.333. The molecule has 1 aromatic heterocycles. The highest BCUT2D eigenvalue weighted by Gasteiger charge is 2.20. The minimum atomic E-state index is 0.702. The highest BCUT2D eigenvalue weighted by molar-refractivity contribution is 6.31. The van der Waals surface area contributed by atoms with E-state index in [0.29, 0.717) is 5.02 Å². The van der Waals surface area contributed by atoms with Crippen LogP contribution < -0.4 is 4.90 Å². The van der Waals surface area contributed by atoms with Gasteiger partial charge < -0.3 is 9.64 Å². The first-order valence-corrected chi connectivity index (χ1v) is 10.9. The average Bonchev–Trinajstić information content (AvgIpc) is 2.80. The summed E-state index contributed by atoms with van der Waals surface area (Å²) in [7, 11) is 0. The maximum Gasteiger partial charge on any atom is 0.145 e. The molecule has 0 unspecified atom stereocenters. The topological polar surface area (TPSA) is 41.5 Å². The van der Waals surface area contributed by atoms with Gasteiger partial charge in [0.2, 0.25) is 0 Å². The SMILES string of the molecule is Clc1ccc2c(N3CCOCC3)nc(CN3CC=C(c4ccccc4)CC3)nc2c1. The van der Waals surface area contributed by atoms with Crippen molar-refractivity contribution in [1.29, 1.82) is 0 Å². The zero-order valence-corrected chi connectivity index (χ0v) is 17.7. The minimum Gasteiger partial charge on any atom is -0.378 e. The number of hydrogen-bond donors (Lipinski definition) is 0. The van der Waals surface area contributed by atoms with Gasteiger partial charge in [-0.1, -0.05) is 48.0 Å². The van der Waals surface area contributed by atoms with Crippen LogP contribution >= 0.6 is 11.6 Å². The summed E-state index contributed by atoms with van der Waals surface area (Å²) in [6.45, 7) is 5.81. The first-order chi connectivity index (χ1) is 14.8. The Kier molecular flexibility index (Phi) is 5.67. The number of ether oxygens (including phenoxy) is 1. The van der Waals surface area contributed by atoms with Crippen LogP contribution in [0.25, 0.3) is 16.5 Å². The Bertz CT molecular complexity index is 1060. The van der Waals surface area contributed by atoms with Crippen LogP contribution in [0.5, 0.6) is 0 Å². The second kappa shape index (κ2) is 8.72. The first kappa shape index (κ1) is 19.5. The maximum absolute atomic E-state index is 6.26. The Morgan fingerprint density at radius 2 is 1.80 bits per heavy atom. The van der Waals surface area contributed by atoms with Crippen molar-refractivity contribution in [2.24, 2.45) is 0 Å². The Morgan fingerprint density at radius 1 is 0.967 bits per heavy atom. The Labute approximate surface area is 181 Å². The van der Waals surface area contributed by atoms with Gasteiger partial charge in [-0.05, 0) is 35.8 Å². The van der Waals surface area contributed by atoms with E-state index >= 15 is 0 Å². The van der Waals surface area contributed by atoms with E-state index in [2.05, 4.69) is 46.2 Å².